The minimum atomic E-state index is 0. The van der Waals surface area contributed by atoms with Gasteiger partial charge in [0.25, 0.3) is 0 Å². The zero-order valence-corrected chi connectivity index (χ0v) is 18.0. The van der Waals surface area contributed by atoms with Gasteiger partial charge in [-0.3, -0.25) is 4.99 Å². The maximum absolute atomic E-state index is 5.89. The number of ether oxygens (including phenoxy) is 2. The van der Waals surface area contributed by atoms with Crippen LogP contribution in [0.1, 0.15) is 30.4 Å². The minimum absolute atomic E-state index is 0. The molecule has 0 aliphatic carbocycles. The van der Waals surface area contributed by atoms with Crippen molar-refractivity contribution in [1.29, 1.82) is 0 Å². The number of nitrogens with zero attached hydrogens (tertiary/aromatic N) is 2. The number of hydrogen-bond acceptors (Lipinski definition) is 3. The summed E-state index contributed by atoms with van der Waals surface area (Å²) in [6.45, 7) is 6.28. The first-order valence-electron chi connectivity index (χ1n) is 8.85. The largest absolute Gasteiger partial charge is 0.381 e. The highest BCUT2D eigenvalue weighted by molar-refractivity contribution is 14.0. The Morgan fingerprint density at radius 1 is 1.28 bits per heavy atom. The molecule has 0 bridgehead atoms. The van der Waals surface area contributed by atoms with Crippen LogP contribution in [0.15, 0.2) is 29.3 Å². The van der Waals surface area contributed by atoms with Gasteiger partial charge in [0, 0.05) is 47.0 Å². The van der Waals surface area contributed by atoms with Crippen LogP contribution in [0.2, 0.25) is 0 Å². The Bertz CT molecular complexity index is 502. The quantitative estimate of drug-likeness (QED) is 0.293. The Hall–Kier alpha value is -0.860. The maximum atomic E-state index is 5.89. The molecule has 1 aliphatic rings. The van der Waals surface area contributed by atoms with E-state index in [0.29, 0.717) is 6.10 Å². The van der Waals surface area contributed by atoms with E-state index in [4.69, 9.17) is 9.47 Å². The van der Waals surface area contributed by atoms with Gasteiger partial charge in [0.15, 0.2) is 5.96 Å². The average Bonchev–Trinajstić information content (AvgIpc) is 2.61. The molecule has 0 radical (unpaired) electrons. The van der Waals surface area contributed by atoms with Crippen molar-refractivity contribution >= 4 is 29.9 Å². The average molecular weight is 461 g/mol. The number of halogens is 1. The second-order valence-electron chi connectivity index (χ2n) is 6.35. The highest BCUT2D eigenvalue weighted by Gasteiger charge is 2.13. The number of hydrogen-bond donors (Lipinski definition) is 1. The Morgan fingerprint density at radius 2 is 1.96 bits per heavy atom. The van der Waals surface area contributed by atoms with Crippen molar-refractivity contribution in [2.24, 2.45) is 4.99 Å². The van der Waals surface area contributed by atoms with Crippen LogP contribution in [0.5, 0.6) is 0 Å². The lowest BCUT2D eigenvalue weighted by Crippen LogP contribution is -2.39. The second kappa shape index (κ2) is 12.5. The van der Waals surface area contributed by atoms with E-state index in [-0.39, 0.29) is 24.0 Å². The molecule has 1 aliphatic heterocycles. The van der Waals surface area contributed by atoms with Gasteiger partial charge in [-0.15, -0.1) is 24.0 Å². The van der Waals surface area contributed by atoms with Gasteiger partial charge >= 0.3 is 0 Å². The van der Waals surface area contributed by atoms with Gasteiger partial charge in [-0.05, 0) is 31.7 Å². The standard InChI is InChI=1S/C19H31N3O2.HI/c1-16-5-7-17(8-6-16)15-22(3)19(20-2)21-11-4-12-24-18-9-13-23-14-10-18;/h5-8,18H,4,9-15H2,1-3H3,(H,20,21);1H. The lowest BCUT2D eigenvalue weighted by molar-refractivity contribution is -0.0320. The minimum Gasteiger partial charge on any atom is -0.381 e. The van der Waals surface area contributed by atoms with Gasteiger partial charge in [-0.2, -0.15) is 0 Å². The van der Waals surface area contributed by atoms with Gasteiger partial charge in [-0.1, -0.05) is 29.8 Å². The predicted molar refractivity (Wildman–Crippen MR) is 114 cm³/mol. The highest BCUT2D eigenvalue weighted by Crippen LogP contribution is 2.10. The van der Waals surface area contributed by atoms with Crippen LogP contribution < -0.4 is 5.32 Å². The van der Waals surface area contributed by atoms with Crippen LogP contribution in [0, 0.1) is 6.92 Å². The Balaban J connectivity index is 0.00000312. The topological polar surface area (TPSA) is 46.1 Å². The number of rotatable bonds is 7. The van der Waals surface area contributed by atoms with Gasteiger partial charge in [-0.25, -0.2) is 0 Å². The van der Waals surface area contributed by atoms with E-state index in [0.717, 1.165) is 58.1 Å². The first-order chi connectivity index (χ1) is 11.7. The van der Waals surface area contributed by atoms with E-state index in [1.54, 1.807) is 0 Å². The fourth-order valence-electron chi connectivity index (χ4n) is 2.79. The van der Waals surface area contributed by atoms with Crippen molar-refractivity contribution in [2.45, 2.75) is 38.8 Å². The molecule has 6 heteroatoms. The lowest BCUT2D eigenvalue weighted by atomic mass is 10.1. The first kappa shape index (κ1) is 22.2. The second-order valence-corrected chi connectivity index (χ2v) is 6.35. The highest BCUT2D eigenvalue weighted by atomic mass is 127. The van der Waals surface area contributed by atoms with Gasteiger partial charge in [0.2, 0.25) is 0 Å². The van der Waals surface area contributed by atoms with Crippen molar-refractivity contribution in [1.82, 2.24) is 10.2 Å². The van der Waals surface area contributed by atoms with E-state index in [9.17, 15) is 0 Å². The third-order valence-electron chi connectivity index (χ3n) is 4.24. The SMILES string of the molecule is CN=C(NCCCOC1CCOCC1)N(C)Cc1ccc(C)cc1.I. The molecule has 2 rings (SSSR count). The van der Waals surface area contributed by atoms with Gasteiger partial charge in [0.05, 0.1) is 6.10 Å². The summed E-state index contributed by atoms with van der Waals surface area (Å²) in [4.78, 5) is 6.51. The summed E-state index contributed by atoms with van der Waals surface area (Å²) in [5.74, 6) is 0.918. The van der Waals surface area contributed by atoms with Crippen LogP contribution in [0.25, 0.3) is 0 Å². The van der Waals surface area contributed by atoms with Crippen molar-refractivity contribution in [2.75, 3.05) is 40.5 Å². The molecule has 1 heterocycles. The van der Waals surface area contributed by atoms with E-state index < -0.39 is 0 Å². The Labute approximate surface area is 169 Å². The number of guanidine groups is 1. The normalized spacial score (nSPS) is 15.6. The summed E-state index contributed by atoms with van der Waals surface area (Å²) in [5.41, 5.74) is 2.57. The van der Waals surface area contributed by atoms with Crippen molar-refractivity contribution in [3.63, 3.8) is 0 Å². The van der Waals surface area contributed by atoms with Crippen molar-refractivity contribution in [3.05, 3.63) is 35.4 Å². The molecule has 0 unspecified atom stereocenters. The molecular formula is C19H32IN3O2. The molecule has 1 fully saturated rings. The van der Waals surface area contributed by atoms with E-state index in [2.05, 4.69) is 53.4 Å². The molecule has 1 aromatic rings. The molecule has 0 spiro atoms. The van der Waals surface area contributed by atoms with Crippen molar-refractivity contribution in [3.8, 4) is 0 Å². The fraction of sp³-hybridized carbons (Fsp3) is 0.632. The molecule has 25 heavy (non-hydrogen) atoms. The fourth-order valence-corrected chi connectivity index (χ4v) is 2.79. The number of nitrogens with one attached hydrogen (secondary N) is 1. The summed E-state index contributed by atoms with van der Waals surface area (Å²) in [6.07, 6.45) is 3.40. The molecule has 142 valence electrons. The van der Waals surface area contributed by atoms with Crippen molar-refractivity contribution < 1.29 is 9.47 Å². The summed E-state index contributed by atoms with van der Waals surface area (Å²) < 4.78 is 11.2. The van der Waals surface area contributed by atoms with Crippen LogP contribution in [0.3, 0.4) is 0 Å². The number of benzene rings is 1. The Morgan fingerprint density at radius 3 is 2.60 bits per heavy atom. The predicted octanol–water partition coefficient (Wildman–Crippen LogP) is 3.21. The molecular weight excluding hydrogens is 429 g/mol. The summed E-state index contributed by atoms with van der Waals surface area (Å²) >= 11 is 0. The molecule has 5 nitrogen and oxygen atoms in total. The molecule has 1 N–H and O–H groups in total. The summed E-state index contributed by atoms with van der Waals surface area (Å²) in [5, 5.41) is 3.41. The number of aryl methyl sites for hydroxylation is 1. The zero-order valence-electron chi connectivity index (χ0n) is 15.7. The molecule has 0 atom stereocenters. The van der Waals surface area contributed by atoms with Gasteiger partial charge in [0.1, 0.15) is 0 Å². The van der Waals surface area contributed by atoms with E-state index in [1.807, 2.05) is 7.05 Å². The van der Waals surface area contributed by atoms with Crippen LogP contribution in [-0.4, -0.2) is 57.4 Å². The smallest absolute Gasteiger partial charge is 0.193 e. The summed E-state index contributed by atoms with van der Waals surface area (Å²) in [7, 11) is 3.89. The molecule has 0 saturated carbocycles. The maximum Gasteiger partial charge on any atom is 0.193 e. The Kier molecular flexibility index (Phi) is 11.1. The van der Waals surface area contributed by atoms with Crippen LogP contribution in [0.4, 0.5) is 0 Å². The third kappa shape index (κ3) is 8.37. The first-order valence-corrected chi connectivity index (χ1v) is 8.85. The lowest BCUT2D eigenvalue weighted by Gasteiger charge is -2.24. The monoisotopic (exact) mass is 461 g/mol. The molecule has 0 aromatic heterocycles. The summed E-state index contributed by atoms with van der Waals surface area (Å²) in [6, 6.07) is 8.63. The number of aliphatic imine (C=N–C) groups is 1. The van der Waals surface area contributed by atoms with E-state index in [1.165, 1.54) is 11.1 Å². The molecule has 0 amide bonds. The van der Waals surface area contributed by atoms with E-state index >= 15 is 0 Å². The van der Waals surface area contributed by atoms with Crippen LogP contribution in [-0.2, 0) is 16.0 Å². The van der Waals surface area contributed by atoms with Crippen LogP contribution >= 0.6 is 24.0 Å². The molecule has 1 aromatic carbocycles. The third-order valence-corrected chi connectivity index (χ3v) is 4.24. The zero-order chi connectivity index (χ0) is 17.2. The molecule has 1 saturated heterocycles. The van der Waals surface area contributed by atoms with Gasteiger partial charge < -0.3 is 19.7 Å².